The van der Waals surface area contributed by atoms with Gasteiger partial charge in [0.1, 0.15) is 16.5 Å². The van der Waals surface area contributed by atoms with E-state index in [-0.39, 0.29) is 18.4 Å². The van der Waals surface area contributed by atoms with Crippen molar-refractivity contribution < 1.29 is 19.1 Å². The van der Waals surface area contributed by atoms with Crippen LogP contribution >= 0.6 is 11.3 Å². The maximum atomic E-state index is 12.3. The highest BCUT2D eigenvalue weighted by atomic mass is 32.1. The standard InChI is InChI=1S/C19H24N4O4S/c1-22(2)11-17-21-16(13-28-17)19(25)20-14-3-5-15(6-4-14)27-12-18(24)23-7-9-26-10-8-23/h3-6,13H,7-12H2,1-2H3,(H,20,25). The summed E-state index contributed by atoms with van der Waals surface area (Å²) in [6, 6.07) is 6.92. The van der Waals surface area contributed by atoms with E-state index in [0.29, 0.717) is 50.0 Å². The van der Waals surface area contributed by atoms with Crippen LogP contribution in [0.4, 0.5) is 5.69 Å². The van der Waals surface area contributed by atoms with E-state index in [1.807, 2.05) is 19.0 Å². The minimum Gasteiger partial charge on any atom is -0.484 e. The predicted molar refractivity (Wildman–Crippen MR) is 107 cm³/mol. The van der Waals surface area contributed by atoms with Gasteiger partial charge < -0.3 is 24.6 Å². The number of rotatable bonds is 7. The van der Waals surface area contributed by atoms with Crippen molar-refractivity contribution in [2.75, 3.05) is 52.3 Å². The van der Waals surface area contributed by atoms with Crippen LogP contribution in [-0.4, -0.2) is 73.6 Å². The van der Waals surface area contributed by atoms with Gasteiger partial charge in [-0.25, -0.2) is 4.98 Å². The van der Waals surface area contributed by atoms with Gasteiger partial charge in [0.2, 0.25) is 0 Å². The van der Waals surface area contributed by atoms with Crippen LogP contribution < -0.4 is 10.1 Å². The molecule has 0 radical (unpaired) electrons. The lowest BCUT2D eigenvalue weighted by Crippen LogP contribution is -2.42. The fourth-order valence-electron chi connectivity index (χ4n) is 2.64. The Labute approximate surface area is 168 Å². The quantitative estimate of drug-likeness (QED) is 0.756. The highest BCUT2D eigenvalue weighted by molar-refractivity contribution is 7.09. The number of nitrogens with zero attached hydrogens (tertiary/aromatic N) is 3. The number of carbonyl (C=O) groups is 2. The number of morpholine rings is 1. The van der Waals surface area contributed by atoms with Crippen LogP contribution in [0.25, 0.3) is 0 Å². The average Bonchev–Trinajstić information content (AvgIpc) is 3.16. The van der Waals surface area contributed by atoms with Crippen LogP contribution in [0.3, 0.4) is 0 Å². The van der Waals surface area contributed by atoms with Gasteiger partial charge >= 0.3 is 0 Å². The number of thiazole rings is 1. The normalized spacial score (nSPS) is 14.2. The smallest absolute Gasteiger partial charge is 0.275 e. The Bertz CT molecular complexity index is 801. The lowest BCUT2D eigenvalue weighted by atomic mass is 10.3. The van der Waals surface area contributed by atoms with Gasteiger partial charge in [0.05, 0.1) is 13.2 Å². The Hall–Kier alpha value is -2.49. The Morgan fingerprint density at radius 3 is 2.64 bits per heavy atom. The van der Waals surface area contributed by atoms with Crippen LogP contribution in [0.2, 0.25) is 0 Å². The molecule has 0 bridgehead atoms. The molecule has 1 aromatic carbocycles. The van der Waals surface area contributed by atoms with E-state index in [1.165, 1.54) is 11.3 Å². The molecule has 1 fully saturated rings. The van der Waals surface area contributed by atoms with Crippen LogP contribution in [0.5, 0.6) is 5.75 Å². The van der Waals surface area contributed by atoms with Gasteiger partial charge in [-0.2, -0.15) is 0 Å². The summed E-state index contributed by atoms with van der Waals surface area (Å²) in [5.41, 5.74) is 1.04. The zero-order valence-electron chi connectivity index (χ0n) is 16.0. The highest BCUT2D eigenvalue weighted by Crippen LogP contribution is 2.18. The van der Waals surface area contributed by atoms with Gasteiger partial charge in [-0.05, 0) is 38.4 Å². The first-order valence-electron chi connectivity index (χ1n) is 9.00. The number of hydrogen-bond acceptors (Lipinski definition) is 7. The second-order valence-corrected chi connectivity index (χ2v) is 7.57. The van der Waals surface area contributed by atoms with Crippen LogP contribution in [-0.2, 0) is 16.1 Å². The molecule has 1 N–H and O–H groups in total. The molecule has 2 aromatic rings. The molecule has 0 saturated carbocycles. The van der Waals surface area contributed by atoms with Crippen molar-refractivity contribution in [3.63, 3.8) is 0 Å². The Morgan fingerprint density at radius 2 is 1.96 bits per heavy atom. The summed E-state index contributed by atoms with van der Waals surface area (Å²) in [5, 5.41) is 5.46. The molecule has 2 heterocycles. The van der Waals surface area contributed by atoms with E-state index in [1.54, 1.807) is 34.5 Å². The average molecular weight is 404 g/mol. The number of nitrogens with one attached hydrogen (secondary N) is 1. The van der Waals surface area contributed by atoms with Crippen LogP contribution in [0.1, 0.15) is 15.5 Å². The first-order valence-corrected chi connectivity index (χ1v) is 9.88. The van der Waals surface area contributed by atoms with E-state index >= 15 is 0 Å². The van der Waals surface area contributed by atoms with Crippen LogP contribution in [0.15, 0.2) is 29.6 Å². The third-order valence-electron chi connectivity index (χ3n) is 4.07. The van der Waals surface area contributed by atoms with Gasteiger partial charge in [0.15, 0.2) is 6.61 Å². The van der Waals surface area contributed by atoms with E-state index in [2.05, 4.69) is 10.3 Å². The molecule has 28 heavy (non-hydrogen) atoms. The monoisotopic (exact) mass is 404 g/mol. The van der Waals surface area contributed by atoms with Gasteiger partial charge in [-0.3, -0.25) is 9.59 Å². The lowest BCUT2D eigenvalue weighted by molar-refractivity contribution is -0.137. The molecule has 8 nitrogen and oxygen atoms in total. The van der Waals surface area contributed by atoms with Gasteiger partial charge in [0.25, 0.3) is 11.8 Å². The topological polar surface area (TPSA) is 84.0 Å². The summed E-state index contributed by atoms with van der Waals surface area (Å²) >= 11 is 1.46. The minimum atomic E-state index is -0.252. The SMILES string of the molecule is CN(C)Cc1nc(C(=O)Nc2ccc(OCC(=O)N3CCOCC3)cc2)cs1. The third-order valence-corrected chi connectivity index (χ3v) is 4.91. The molecule has 0 atom stereocenters. The molecule has 1 aliphatic rings. The van der Waals surface area contributed by atoms with E-state index in [4.69, 9.17) is 9.47 Å². The number of benzene rings is 1. The molecule has 0 unspecified atom stereocenters. The van der Waals surface area contributed by atoms with Crippen molar-refractivity contribution in [1.29, 1.82) is 0 Å². The molecule has 1 aliphatic heterocycles. The molecular formula is C19H24N4O4S. The molecule has 9 heteroatoms. The first-order chi connectivity index (χ1) is 13.5. The number of hydrogen-bond donors (Lipinski definition) is 1. The van der Waals surface area contributed by atoms with Crippen molar-refractivity contribution in [2.24, 2.45) is 0 Å². The summed E-state index contributed by atoms with van der Waals surface area (Å²) in [6.07, 6.45) is 0. The summed E-state index contributed by atoms with van der Waals surface area (Å²) < 4.78 is 10.8. The van der Waals surface area contributed by atoms with E-state index in [9.17, 15) is 9.59 Å². The van der Waals surface area contributed by atoms with Crippen molar-refractivity contribution in [3.05, 3.63) is 40.3 Å². The van der Waals surface area contributed by atoms with Crippen molar-refractivity contribution in [1.82, 2.24) is 14.8 Å². The number of amides is 2. The molecule has 1 saturated heterocycles. The Morgan fingerprint density at radius 1 is 1.25 bits per heavy atom. The molecule has 2 amide bonds. The largest absolute Gasteiger partial charge is 0.484 e. The van der Waals surface area contributed by atoms with E-state index < -0.39 is 0 Å². The minimum absolute atomic E-state index is 0.0147. The molecule has 3 rings (SSSR count). The lowest BCUT2D eigenvalue weighted by Gasteiger charge is -2.26. The second kappa shape index (κ2) is 9.63. The molecule has 0 aliphatic carbocycles. The Kier molecular flexibility index (Phi) is 6.96. The van der Waals surface area contributed by atoms with Crippen LogP contribution in [0, 0.1) is 0 Å². The Balaban J connectivity index is 1.49. The number of aromatic nitrogens is 1. The van der Waals surface area contributed by atoms with Gasteiger partial charge in [-0.15, -0.1) is 11.3 Å². The second-order valence-electron chi connectivity index (χ2n) is 6.62. The first kappa shape index (κ1) is 20.2. The zero-order chi connectivity index (χ0) is 19.9. The number of ether oxygens (including phenoxy) is 2. The number of carbonyl (C=O) groups excluding carboxylic acids is 2. The zero-order valence-corrected chi connectivity index (χ0v) is 16.8. The van der Waals surface area contributed by atoms with Gasteiger partial charge in [0, 0.05) is 30.7 Å². The fourth-order valence-corrected chi connectivity index (χ4v) is 3.53. The maximum Gasteiger partial charge on any atom is 0.275 e. The van der Waals surface area contributed by atoms with Gasteiger partial charge in [-0.1, -0.05) is 0 Å². The molecule has 150 valence electrons. The van der Waals surface area contributed by atoms with Crippen molar-refractivity contribution >= 4 is 28.8 Å². The number of anilines is 1. The maximum absolute atomic E-state index is 12.3. The van der Waals surface area contributed by atoms with Crippen molar-refractivity contribution in [2.45, 2.75) is 6.54 Å². The third kappa shape index (κ3) is 5.75. The summed E-state index contributed by atoms with van der Waals surface area (Å²) in [4.78, 5) is 32.5. The van der Waals surface area contributed by atoms with Crippen molar-refractivity contribution in [3.8, 4) is 5.75 Å². The summed E-state index contributed by atoms with van der Waals surface area (Å²) in [7, 11) is 3.92. The summed E-state index contributed by atoms with van der Waals surface area (Å²) in [6.45, 7) is 3.01. The van der Waals surface area contributed by atoms with E-state index in [0.717, 1.165) is 5.01 Å². The predicted octanol–water partition coefficient (Wildman–Crippen LogP) is 1.69. The molecule has 1 aromatic heterocycles. The summed E-state index contributed by atoms with van der Waals surface area (Å²) in [5.74, 6) is 0.261. The molecule has 0 spiro atoms. The highest BCUT2D eigenvalue weighted by Gasteiger charge is 2.17. The molecular weight excluding hydrogens is 380 g/mol. The fraction of sp³-hybridized carbons (Fsp3) is 0.421.